The summed E-state index contributed by atoms with van der Waals surface area (Å²) in [6.45, 7) is 10.4. The largest absolute Gasteiger partial charge is 0.368 e. The average Bonchev–Trinajstić information content (AvgIpc) is 3.44. The smallest absolute Gasteiger partial charge is 0.251 e. The van der Waals surface area contributed by atoms with Crippen molar-refractivity contribution in [3.8, 4) is 0 Å². The Morgan fingerprint density at radius 2 is 2.07 bits per heavy atom. The molecule has 2 fully saturated rings. The van der Waals surface area contributed by atoms with Crippen molar-refractivity contribution in [3.63, 3.8) is 0 Å². The van der Waals surface area contributed by atoms with Crippen LogP contribution in [-0.2, 0) is 22.5 Å². The summed E-state index contributed by atoms with van der Waals surface area (Å²) in [5.74, 6) is 2.09. The van der Waals surface area contributed by atoms with Gasteiger partial charge in [-0.25, -0.2) is 0 Å². The zero-order chi connectivity index (χ0) is 20.5. The Kier molecular flexibility index (Phi) is 8.27. The molecule has 162 valence electrons. The third-order valence-corrected chi connectivity index (χ3v) is 5.52. The number of guanidine groups is 1. The van der Waals surface area contributed by atoms with Gasteiger partial charge >= 0.3 is 0 Å². The van der Waals surface area contributed by atoms with Crippen LogP contribution >= 0.6 is 0 Å². The molecular formula is C20H35N7O2. The molecule has 1 atom stereocenters. The van der Waals surface area contributed by atoms with Gasteiger partial charge in [-0.05, 0) is 19.3 Å². The Hall–Kier alpha value is -2.16. The molecule has 1 amide bonds. The highest BCUT2D eigenvalue weighted by Crippen LogP contribution is 2.16. The standard InChI is InChI=1S/C20H35N7O2/c1-3-5-8-21-20(22-9-10-27-16-23-24-18(27)4-2)26-13-11-25(12-14-26)19(28)17-7-6-15-29-17/h16-17H,3-15H2,1-2H3,(H,21,22). The molecule has 1 N–H and O–H groups in total. The fourth-order valence-electron chi connectivity index (χ4n) is 3.75. The number of ether oxygens (including phenoxy) is 1. The summed E-state index contributed by atoms with van der Waals surface area (Å²) in [6.07, 6.45) is 6.47. The van der Waals surface area contributed by atoms with E-state index in [4.69, 9.17) is 9.73 Å². The number of rotatable bonds is 8. The van der Waals surface area contributed by atoms with Gasteiger partial charge in [0.25, 0.3) is 5.91 Å². The number of unbranched alkanes of at least 4 members (excludes halogenated alkanes) is 1. The van der Waals surface area contributed by atoms with Crippen molar-refractivity contribution in [1.82, 2.24) is 29.9 Å². The van der Waals surface area contributed by atoms with Gasteiger partial charge in [0.05, 0.1) is 0 Å². The fraction of sp³-hybridized carbons (Fsp3) is 0.800. The molecule has 0 bridgehead atoms. The van der Waals surface area contributed by atoms with Crippen molar-refractivity contribution in [1.29, 1.82) is 0 Å². The summed E-state index contributed by atoms with van der Waals surface area (Å²) < 4.78 is 7.64. The highest BCUT2D eigenvalue weighted by atomic mass is 16.5. The third-order valence-electron chi connectivity index (χ3n) is 5.52. The summed E-state index contributed by atoms with van der Waals surface area (Å²) in [4.78, 5) is 21.6. The summed E-state index contributed by atoms with van der Waals surface area (Å²) in [7, 11) is 0. The maximum absolute atomic E-state index is 12.6. The second kappa shape index (κ2) is 11.1. The monoisotopic (exact) mass is 405 g/mol. The van der Waals surface area contributed by atoms with Gasteiger partial charge in [0.2, 0.25) is 0 Å². The SMILES string of the molecule is CCCCN=C(NCCn1cnnc1CC)N1CCN(C(=O)C2CCCO2)CC1. The number of hydrogen-bond donors (Lipinski definition) is 1. The quantitative estimate of drug-likeness (QED) is 0.393. The van der Waals surface area contributed by atoms with E-state index >= 15 is 0 Å². The van der Waals surface area contributed by atoms with Crippen molar-refractivity contribution in [3.05, 3.63) is 12.2 Å². The second-order valence-electron chi connectivity index (χ2n) is 7.59. The molecule has 0 spiro atoms. The van der Waals surface area contributed by atoms with Crippen LogP contribution in [-0.4, -0.2) is 88.4 Å². The molecular weight excluding hydrogens is 370 g/mol. The van der Waals surface area contributed by atoms with E-state index in [1.165, 1.54) is 0 Å². The van der Waals surface area contributed by atoms with E-state index < -0.39 is 0 Å². The van der Waals surface area contributed by atoms with E-state index in [-0.39, 0.29) is 12.0 Å². The molecule has 2 aliphatic rings. The number of amides is 1. The molecule has 0 aromatic carbocycles. The molecule has 1 aromatic rings. The predicted octanol–water partition coefficient (Wildman–Crippen LogP) is 0.909. The fourth-order valence-corrected chi connectivity index (χ4v) is 3.75. The second-order valence-corrected chi connectivity index (χ2v) is 7.59. The van der Waals surface area contributed by atoms with Crippen LogP contribution in [0.2, 0.25) is 0 Å². The van der Waals surface area contributed by atoms with Crippen LogP contribution in [0.5, 0.6) is 0 Å². The molecule has 0 aliphatic carbocycles. The molecule has 9 heteroatoms. The molecule has 2 saturated heterocycles. The Labute approximate surface area is 173 Å². The summed E-state index contributed by atoms with van der Waals surface area (Å²) >= 11 is 0. The third kappa shape index (κ3) is 5.91. The number of piperazine rings is 1. The lowest BCUT2D eigenvalue weighted by atomic mass is 10.2. The first kappa shape index (κ1) is 21.5. The zero-order valence-electron chi connectivity index (χ0n) is 17.8. The molecule has 2 aliphatic heterocycles. The van der Waals surface area contributed by atoms with Crippen molar-refractivity contribution >= 4 is 11.9 Å². The highest BCUT2D eigenvalue weighted by molar-refractivity contribution is 5.82. The number of nitrogens with zero attached hydrogens (tertiary/aromatic N) is 6. The maximum atomic E-state index is 12.6. The van der Waals surface area contributed by atoms with E-state index in [2.05, 4.69) is 38.8 Å². The number of hydrogen-bond acceptors (Lipinski definition) is 5. The summed E-state index contributed by atoms with van der Waals surface area (Å²) in [5, 5.41) is 11.6. The number of carbonyl (C=O) groups excluding carboxylic acids is 1. The van der Waals surface area contributed by atoms with Gasteiger partial charge in [-0.15, -0.1) is 10.2 Å². The van der Waals surface area contributed by atoms with Crippen molar-refractivity contribution in [2.45, 2.75) is 58.6 Å². The lowest BCUT2D eigenvalue weighted by Crippen LogP contribution is -2.55. The maximum Gasteiger partial charge on any atom is 0.251 e. The number of aliphatic imine (C=N–C) groups is 1. The lowest BCUT2D eigenvalue weighted by molar-refractivity contribution is -0.142. The molecule has 3 rings (SSSR count). The van der Waals surface area contributed by atoms with Gasteiger partial charge in [0, 0.05) is 58.8 Å². The first-order chi connectivity index (χ1) is 14.2. The molecule has 0 radical (unpaired) electrons. The van der Waals surface area contributed by atoms with Crippen LogP contribution in [0.25, 0.3) is 0 Å². The molecule has 1 unspecified atom stereocenters. The van der Waals surface area contributed by atoms with E-state index in [0.717, 1.165) is 89.7 Å². The highest BCUT2D eigenvalue weighted by Gasteiger charge is 2.30. The number of aryl methyl sites for hydroxylation is 1. The van der Waals surface area contributed by atoms with Crippen LogP contribution in [0, 0.1) is 0 Å². The summed E-state index contributed by atoms with van der Waals surface area (Å²) in [6, 6.07) is 0. The molecule has 3 heterocycles. The van der Waals surface area contributed by atoms with E-state index in [9.17, 15) is 4.79 Å². The van der Waals surface area contributed by atoms with Crippen LogP contribution in [0.3, 0.4) is 0 Å². The first-order valence-electron chi connectivity index (χ1n) is 11.0. The van der Waals surface area contributed by atoms with Crippen molar-refractivity contribution in [2.75, 3.05) is 45.9 Å². The van der Waals surface area contributed by atoms with Crippen LogP contribution in [0.15, 0.2) is 11.3 Å². The van der Waals surface area contributed by atoms with Gasteiger partial charge in [-0.1, -0.05) is 20.3 Å². The average molecular weight is 406 g/mol. The predicted molar refractivity (Wildman–Crippen MR) is 112 cm³/mol. The molecule has 9 nitrogen and oxygen atoms in total. The number of carbonyl (C=O) groups is 1. The zero-order valence-corrected chi connectivity index (χ0v) is 17.8. The minimum Gasteiger partial charge on any atom is -0.368 e. The van der Waals surface area contributed by atoms with Crippen LogP contribution in [0.1, 0.15) is 45.4 Å². The van der Waals surface area contributed by atoms with E-state index in [0.29, 0.717) is 6.61 Å². The molecule has 1 aromatic heterocycles. The molecule has 0 saturated carbocycles. The van der Waals surface area contributed by atoms with Gasteiger partial charge in [0.1, 0.15) is 18.3 Å². The van der Waals surface area contributed by atoms with Crippen LogP contribution in [0.4, 0.5) is 0 Å². The Morgan fingerprint density at radius 3 is 2.76 bits per heavy atom. The Balaban J connectivity index is 1.51. The Morgan fingerprint density at radius 1 is 1.28 bits per heavy atom. The van der Waals surface area contributed by atoms with Gasteiger partial charge in [0.15, 0.2) is 5.96 Å². The van der Waals surface area contributed by atoms with Crippen LogP contribution < -0.4 is 5.32 Å². The first-order valence-corrected chi connectivity index (χ1v) is 11.0. The van der Waals surface area contributed by atoms with Gasteiger partial charge in [-0.2, -0.15) is 0 Å². The normalized spacial score (nSPS) is 20.3. The van der Waals surface area contributed by atoms with Gasteiger partial charge in [-0.3, -0.25) is 9.79 Å². The summed E-state index contributed by atoms with van der Waals surface area (Å²) in [5.41, 5.74) is 0. The van der Waals surface area contributed by atoms with Crippen molar-refractivity contribution in [2.24, 2.45) is 4.99 Å². The minimum absolute atomic E-state index is 0.152. The van der Waals surface area contributed by atoms with Crippen molar-refractivity contribution < 1.29 is 9.53 Å². The van der Waals surface area contributed by atoms with Gasteiger partial charge < -0.3 is 24.4 Å². The molecule has 29 heavy (non-hydrogen) atoms. The lowest BCUT2D eigenvalue weighted by Gasteiger charge is -2.37. The number of aromatic nitrogens is 3. The topological polar surface area (TPSA) is 87.9 Å². The van der Waals surface area contributed by atoms with E-state index in [1.54, 1.807) is 6.33 Å². The Bertz CT molecular complexity index is 662. The number of nitrogens with one attached hydrogen (secondary N) is 1. The minimum atomic E-state index is -0.228. The van der Waals surface area contributed by atoms with E-state index in [1.807, 2.05) is 4.90 Å².